The topological polar surface area (TPSA) is 74.6 Å². The molecule has 0 saturated heterocycles. The van der Waals surface area contributed by atoms with E-state index < -0.39 is 17.9 Å². The Morgan fingerprint density at radius 3 is 2.36 bits per heavy atom. The van der Waals surface area contributed by atoms with Crippen LogP contribution < -0.4 is 0 Å². The van der Waals surface area contributed by atoms with E-state index in [1.807, 2.05) is 12.2 Å². The predicted molar refractivity (Wildman–Crippen MR) is 49.9 cm³/mol. The van der Waals surface area contributed by atoms with E-state index in [4.69, 9.17) is 10.2 Å². The van der Waals surface area contributed by atoms with E-state index in [1.54, 1.807) is 0 Å². The number of carboxylic acid groups (broad SMARTS) is 2. The molecule has 0 saturated carbocycles. The average Bonchev–Trinajstić information content (AvgIpc) is 2.15. The predicted octanol–water partition coefficient (Wildman–Crippen LogP) is 1.52. The third kappa shape index (κ3) is 2.87. The Hall–Kier alpha value is -1.32. The van der Waals surface area contributed by atoms with Gasteiger partial charge in [-0.05, 0) is 31.6 Å². The zero-order chi connectivity index (χ0) is 10.6. The molecule has 1 aliphatic carbocycles. The molecule has 0 bridgehead atoms. The Labute approximate surface area is 82.2 Å². The van der Waals surface area contributed by atoms with Gasteiger partial charge >= 0.3 is 11.9 Å². The quantitative estimate of drug-likeness (QED) is 0.530. The van der Waals surface area contributed by atoms with Gasteiger partial charge < -0.3 is 10.2 Å². The van der Waals surface area contributed by atoms with Crippen LogP contribution in [-0.4, -0.2) is 22.2 Å². The molecule has 1 atom stereocenters. The summed E-state index contributed by atoms with van der Waals surface area (Å²) in [6.07, 6.45) is 6.91. The highest BCUT2D eigenvalue weighted by atomic mass is 16.4. The molecule has 14 heavy (non-hydrogen) atoms. The molecular weight excluding hydrogens is 184 g/mol. The first-order valence-corrected chi connectivity index (χ1v) is 4.72. The summed E-state index contributed by atoms with van der Waals surface area (Å²) in [5.74, 6) is -3.50. The summed E-state index contributed by atoms with van der Waals surface area (Å²) in [6.45, 7) is 0. The van der Waals surface area contributed by atoms with E-state index in [9.17, 15) is 9.59 Å². The molecule has 4 nitrogen and oxygen atoms in total. The van der Waals surface area contributed by atoms with Crippen LogP contribution in [0.25, 0.3) is 0 Å². The first-order valence-electron chi connectivity index (χ1n) is 4.72. The number of hydrogen-bond acceptors (Lipinski definition) is 2. The molecule has 78 valence electrons. The number of carbonyl (C=O) groups is 2. The zero-order valence-electron chi connectivity index (χ0n) is 7.85. The highest BCUT2D eigenvalue weighted by Gasteiger charge is 2.28. The van der Waals surface area contributed by atoms with Gasteiger partial charge in [0.1, 0.15) is 0 Å². The molecule has 0 heterocycles. The average molecular weight is 198 g/mol. The van der Waals surface area contributed by atoms with Crippen molar-refractivity contribution in [2.24, 2.45) is 11.8 Å². The van der Waals surface area contributed by atoms with Crippen molar-refractivity contribution in [1.82, 2.24) is 0 Å². The first kappa shape index (κ1) is 10.8. The maximum absolute atomic E-state index is 10.6. The second-order valence-corrected chi connectivity index (χ2v) is 3.62. The Kier molecular flexibility index (Phi) is 3.68. The van der Waals surface area contributed by atoms with Crippen molar-refractivity contribution in [2.45, 2.75) is 25.7 Å². The Balaban J connectivity index is 2.50. The van der Waals surface area contributed by atoms with E-state index in [1.165, 1.54) is 0 Å². The zero-order valence-corrected chi connectivity index (χ0v) is 7.85. The monoisotopic (exact) mass is 198 g/mol. The van der Waals surface area contributed by atoms with Crippen LogP contribution in [-0.2, 0) is 9.59 Å². The van der Waals surface area contributed by atoms with Gasteiger partial charge in [0.05, 0.1) is 0 Å². The SMILES string of the molecule is O=C(O)C(CC1CC=CCC1)C(=O)O. The van der Waals surface area contributed by atoms with E-state index in [-0.39, 0.29) is 12.3 Å². The maximum atomic E-state index is 10.6. The smallest absolute Gasteiger partial charge is 0.317 e. The Morgan fingerprint density at radius 1 is 1.29 bits per heavy atom. The summed E-state index contributed by atoms with van der Waals surface area (Å²) < 4.78 is 0. The minimum atomic E-state index is -1.24. The molecule has 2 N–H and O–H groups in total. The summed E-state index contributed by atoms with van der Waals surface area (Å²) in [7, 11) is 0. The molecule has 4 heteroatoms. The molecule has 0 spiro atoms. The normalized spacial score (nSPS) is 21.1. The van der Waals surface area contributed by atoms with Crippen molar-refractivity contribution in [2.75, 3.05) is 0 Å². The largest absolute Gasteiger partial charge is 0.481 e. The lowest BCUT2D eigenvalue weighted by atomic mass is 9.86. The fraction of sp³-hybridized carbons (Fsp3) is 0.600. The number of hydrogen-bond donors (Lipinski definition) is 2. The fourth-order valence-corrected chi connectivity index (χ4v) is 1.71. The van der Waals surface area contributed by atoms with Gasteiger partial charge in [-0.15, -0.1) is 0 Å². The third-order valence-corrected chi connectivity index (χ3v) is 2.54. The molecule has 0 amide bonds. The molecule has 0 aliphatic heterocycles. The van der Waals surface area contributed by atoms with E-state index in [0.717, 1.165) is 19.3 Å². The molecule has 1 aliphatic rings. The summed E-state index contributed by atoms with van der Waals surface area (Å²) in [6, 6.07) is 0. The molecule has 1 rings (SSSR count). The molecule has 0 aromatic carbocycles. The number of carboxylic acids is 2. The van der Waals surface area contributed by atoms with Gasteiger partial charge in [0, 0.05) is 0 Å². The van der Waals surface area contributed by atoms with Crippen LogP contribution in [0.3, 0.4) is 0 Å². The Bertz CT molecular complexity index is 243. The third-order valence-electron chi connectivity index (χ3n) is 2.54. The maximum Gasteiger partial charge on any atom is 0.317 e. The summed E-state index contributed by atoms with van der Waals surface area (Å²) in [5.41, 5.74) is 0. The lowest BCUT2D eigenvalue weighted by Crippen LogP contribution is -2.26. The number of aliphatic carboxylic acids is 2. The standard InChI is InChI=1S/C10H14O4/c11-9(12)8(10(13)14)6-7-4-2-1-3-5-7/h1-2,7-8H,3-6H2,(H,11,12)(H,13,14). The van der Waals surface area contributed by atoms with Crippen LogP contribution in [0.4, 0.5) is 0 Å². The lowest BCUT2D eigenvalue weighted by Gasteiger charge is -2.19. The lowest BCUT2D eigenvalue weighted by molar-refractivity contribution is -0.155. The van der Waals surface area contributed by atoms with Crippen LogP contribution in [0, 0.1) is 11.8 Å². The van der Waals surface area contributed by atoms with Crippen molar-refractivity contribution in [3.05, 3.63) is 12.2 Å². The van der Waals surface area contributed by atoms with Crippen molar-refractivity contribution < 1.29 is 19.8 Å². The van der Waals surface area contributed by atoms with Crippen molar-refractivity contribution in [3.8, 4) is 0 Å². The second kappa shape index (κ2) is 4.79. The minimum absolute atomic E-state index is 0.206. The van der Waals surface area contributed by atoms with Crippen LogP contribution in [0.2, 0.25) is 0 Å². The summed E-state index contributed by atoms with van der Waals surface area (Å²) in [4.78, 5) is 21.2. The van der Waals surface area contributed by atoms with Crippen LogP contribution in [0.1, 0.15) is 25.7 Å². The van der Waals surface area contributed by atoms with E-state index in [0.29, 0.717) is 0 Å². The molecule has 0 aromatic heterocycles. The van der Waals surface area contributed by atoms with Gasteiger partial charge in [-0.25, -0.2) is 0 Å². The van der Waals surface area contributed by atoms with Gasteiger partial charge in [0.25, 0.3) is 0 Å². The molecule has 1 unspecified atom stereocenters. The van der Waals surface area contributed by atoms with Crippen molar-refractivity contribution in [3.63, 3.8) is 0 Å². The van der Waals surface area contributed by atoms with E-state index in [2.05, 4.69) is 0 Å². The van der Waals surface area contributed by atoms with Gasteiger partial charge in [-0.3, -0.25) is 9.59 Å². The summed E-state index contributed by atoms with van der Waals surface area (Å²) in [5, 5.41) is 17.4. The number of allylic oxidation sites excluding steroid dienone is 2. The van der Waals surface area contributed by atoms with Crippen LogP contribution in [0.5, 0.6) is 0 Å². The highest BCUT2D eigenvalue weighted by Crippen LogP contribution is 2.25. The Morgan fingerprint density at radius 2 is 1.93 bits per heavy atom. The molecule has 0 radical (unpaired) electrons. The molecular formula is C10H14O4. The summed E-state index contributed by atoms with van der Waals surface area (Å²) >= 11 is 0. The molecule has 0 aromatic rings. The van der Waals surface area contributed by atoms with E-state index >= 15 is 0 Å². The second-order valence-electron chi connectivity index (χ2n) is 3.62. The highest BCUT2D eigenvalue weighted by molar-refractivity contribution is 5.92. The van der Waals surface area contributed by atoms with Crippen molar-refractivity contribution in [1.29, 1.82) is 0 Å². The van der Waals surface area contributed by atoms with Gasteiger partial charge in [-0.1, -0.05) is 12.2 Å². The molecule has 0 fully saturated rings. The van der Waals surface area contributed by atoms with Crippen LogP contribution >= 0.6 is 0 Å². The first-order chi connectivity index (χ1) is 6.61. The minimum Gasteiger partial charge on any atom is -0.481 e. The van der Waals surface area contributed by atoms with Crippen molar-refractivity contribution >= 4 is 11.9 Å². The van der Waals surface area contributed by atoms with Gasteiger partial charge in [-0.2, -0.15) is 0 Å². The van der Waals surface area contributed by atoms with Gasteiger partial charge in [0.2, 0.25) is 0 Å². The fourth-order valence-electron chi connectivity index (χ4n) is 1.71. The van der Waals surface area contributed by atoms with Crippen LogP contribution in [0.15, 0.2) is 12.2 Å². The van der Waals surface area contributed by atoms with Gasteiger partial charge in [0.15, 0.2) is 5.92 Å². The number of rotatable bonds is 4.